The van der Waals surface area contributed by atoms with Crippen molar-refractivity contribution >= 4 is 20.8 Å². The Morgan fingerprint density at radius 1 is 1.14 bits per heavy atom. The van der Waals surface area contributed by atoms with Gasteiger partial charge in [-0.15, -0.1) is 0 Å². The summed E-state index contributed by atoms with van der Waals surface area (Å²) in [7, 11) is -3.74. The summed E-state index contributed by atoms with van der Waals surface area (Å²) in [6.07, 6.45) is 0. The van der Waals surface area contributed by atoms with Crippen LogP contribution in [0.4, 0.5) is 0 Å². The van der Waals surface area contributed by atoms with Crippen molar-refractivity contribution in [2.24, 2.45) is 5.92 Å². The maximum absolute atomic E-state index is 12.5. The van der Waals surface area contributed by atoms with E-state index in [2.05, 4.69) is 10.8 Å². The Kier molecular flexibility index (Phi) is 4.04. The Balaban J connectivity index is 2.45. The van der Waals surface area contributed by atoms with Crippen LogP contribution in [-0.4, -0.2) is 14.0 Å². The predicted octanol–water partition coefficient (Wildman–Crippen LogP) is 3.06. The second kappa shape index (κ2) is 5.47. The molecule has 0 radical (unpaired) electrons. The van der Waals surface area contributed by atoms with Crippen LogP contribution in [0.3, 0.4) is 0 Å². The first-order valence-electron chi connectivity index (χ1n) is 6.72. The van der Waals surface area contributed by atoms with E-state index in [1.807, 2.05) is 38.1 Å². The lowest BCUT2D eigenvalue weighted by atomic mass is 9.92. The quantitative estimate of drug-likeness (QED) is 0.943. The first-order chi connectivity index (χ1) is 9.78. The highest BCUT2D eigenvalue weighted by molar-refractivity contribution is 7.89. The Bertz CT molecular complexity index is 806. The summed E-state index contributed by atoms with van der Waals surface area (Å²) in [5.41, 5.74) is -1.13. The number of fused-ring (bicyclic) bond motifs is 1. The zero-order chi connectivity index (χ0) is 15.7. The Morgan fingerprint density at radius 2 is 1.76 bits per heavy atom. The van der Waals surface area contributed by atoms with Crippen molar-refractivity contribution in [2.75, 3.05) is 0 Å². The summed E-state index contributed by atoms with van der Waals surface area (Å²) in [4.78, 5) is 0.170. The van der Waals surface area contributed by atoms with Crippen LogP contribution in [0.5, 0.6) is 0 Å². The van der Waals surface area contributed by atoms with E-state index < -0.39 is 15.6 Å². The van der Waals surface area contributed by atoms with Crippen molar-refractivity contribution in [1.82, 2.24) is 4.72 Å². The predicted molar refractivity (Wildman–Crippen MR) is 83.1 cm³/mol. The minimum Gasteiger partial charge on any atom is -0.207 e. The van der Waals surface area contributed by atoms with Crippen LogP contribution in [0.1, 0.15) is 20.8 Å². The van der Waals surface area contributed by atoms with Gasteiger partial charge >= 0.3 is 0 Å². The van der Waals surface area contributed by atoms with Gasteiger partial charge in [-0.3, -0.25) is 0 Å². The van der Waals surface area contributed by atoms with E-state index in [4.69, 9.17) is 0 Å². The molecule has 0 unspecified atom stereocenters. The van der Waals surface area contributed by atoms with E-state index in [-0.39, 0.29) is 10.8 Å². The molecule has 2 rings (SSSR count). The maximum atomic E-state index is 12.5. The van der Waals surface area contributed by atoms with Gasteiger partial charge in [-0.25, -0.2) is 8.42 Å². The lowest BCUT2D eigenvalue weighted by molar-refractivity contribution is 0.389. The molecule has 0 aliphatic carbocycles. The molecule has 0 saturated carbocycles. The fraction of sp³-hybridized carbons (Fsp3) is 0.312. The first kappa shape index (κ1) is 15.5. The van der Waals surface area contributed by atoms with Crippen molar-refractivity contribution < 1.29 is 8.42 Å². The van der Waals surface area contributed by atoms with Gasteiger partial charge in [0.1, 0.15) is 5.54 Å². The molecule has 110 valence electrons. The molecule has 4 nitrogen and oxygen atoms in total. The zero-order valence-electron chi connectivity index (χ0n) is 12.3. The van der Waals surface area contributed by atoms with Crippen molar-refractivity contribution in [3.05, 3.63) is 42.5 Å². The van der Waals surface area contributed by atoms with Crippen LogP contribution in [0, 0.1) is 17.2 Å². The summed E-state index contributed by atoms with van der Waals surface area (Å²) in [5.74, 6) is -0.141. The molecule has 0 aliphatic rings. The van der Waals surface area contributed by atoms with Crippen molar-refractivity contribution in [3.8, 4) is 6.07 Å². The molecule has 0 aromatic heterocycles. The Labute approximate surface area is 125 Å². The minimum absolute atomic E-state index is 0.141. The van der Waals surface area contributed by atoms with E-state index in [1.165, 1.54) is 0 Å². The molecule has 1 N–H and O–H groups in total. The monoisotopic (exact) mass is 302 g/mol. The van der Waals surface area contributed by atoms with E-state index in [0.717, 1.165) is 10.8 Å². The normalized spacial score (nSPS) is 14.8. The molecule has 5 heteroatoms. The van der Waals surface area contributed by atoms with Crippen LogP contribution < -0.4 is 4.72 Å². The first-order valence-corrected chi connectivity index (χ1v) is 8.21. The Morgan fingerprint density at radius 3 is 2.33 bits per heavy atom. The maximum Gasteiger partial charge on any atom is 0.241 e. The lowest BCUT2D eigenvalue weighted by Gasteiger charge is -2.27. The molecule has 0 spiro atoms. The van der Waals surface area contributed by atoms with Crippen molar-refractivity contribution in [1.29, 1.82) is 5.26 Å². The van der Waals surface area contributed by atoms with Gasteiger partial charge in [-0.1, -0.05) is 44.2 Å². The van der Waals surface area contributed by atoms with Gasteiger partial charge in [-0.2, -0.15) is 9.98 Å². The summed E-state index contributed by atoms with van der Waals surface area (Å²) in [5, 5.41) is 11.1. The van der Waals surface area contributed by atoms with Crippen molar-refractivity contribution in [3.63, 3.8) is 0 Å². The molecular weight excluding hydrogens is 284 g/mol. The van der Waals surface area contributed by atoms with Gasteiger partial charge in [-0.05, 0) is 35.7 Å². The minimum atomic E-state index is -3.74. The molecule has 0 fully saturated rings. The highest BCUT2D eigenvalue weighted by Gasteiger charge is 2.33. The fourth-order valence-corrected chi connectivity index (χ4v) is 3.43. The van der Waals surface area contributed by atoms with Gasteiger partial charge in [0.2, 0.25) is 10.0 Å². The summed E-state index contributed by atoms with van der Waals surface area (Å²) in [6.45, 7) is 5.22. The third-order valence-corrected chi connectivity index (χ3v) is 5.33. The number of sulfonamides is 1. The molecule has 2 aromatic carbocycles. The molecule has 0 amide bonds. The molecule has 0 bridgehead atoms. The summed E-state index contributed by atoms with van der Waals surface area (Å²) >= 11 is 0. The Hall–Kier alpha value is -1.90. The standard InChI is InChI=1S/C16H18N2O2S/c1-12(2)16(3,11-17)18-21(19,20)15-9-8-13-6-4-5-7-14(13)10-15/h4-10,12,18H,1-3H3/t16-/m1/s1. The van der Waals surface area contributed by atoms with Gasteiger partial charge in [0, 0.05) is 0 Å². The average molecular weight is 302 g/mol. The third kappa shape index (κ3) is 3.07. The van der Waals surface area contributed by atoms with Gasteiger partial charge in [0.05, 0.1) is 11.0 Å². The molecular formula is C16H18N2O2S. The van der Waals surface area contributed by atoms with E-state index >= 15 is 0 Å². The highest BCUT2D eigenvalue weighted by atomic mass is 32.2. The number of hydrogen-bond donors (Lipinski definition) is 1. The van der Waals surface area contributed by atoms with Crippen LogP contribution >= 0.6 is 0 Å². The highest BCUT2D eigenvalue weighted by Crippen LogP contribution is 2.22. The number of nitriles is 1. The van der Waals surface area contributed by atoms with Crippen LogP contribution in [0.25, 0.3) is 10.8 Å². The largest absolute Gasteiger partial charge is 0.241 e. The number of nitrogens with one attached hydrogen (secondary N) is 1. The van der Waals surface area contributed by atoms with Crippen LogP contribution in [0.15, 0.2) is 47.4 Å². The van der Waals surface area contributed by atoms with Crippen molar-refractivity contribution in [2.45, 2.75) is 31.2 Å². The molecule has 21 heavy (non-hydrogen) atoms. The summed E-state index contributed by atoms with van der Waals surface area (Å²) < 4.78 is 27.5. The van der Waals surface area contributed by atoms with E-state index in [0.29, 0.717) is 0 Å². The van der Waals surface area contributed by atoms with E-state index in [1.54, 1.807) is 25.1 Å². The number of nitrogens with zero attached hydrogens (tertiary/aromatic N) is 1. The number of benzene rings is 2. The lowest BCUT2D eigenvalue weighted by Crippen LogP contribution is -2.48. The van der Waals surface area contributed by atoms with E-state index in [9.17, 15) is 13.7 Å². The second-order valence-corrected chi connectivity index (χ2v) is 7.27. The molecule has 2 aromatic rings. The van der Waals surface area contributed by atoms with Gasteiger partial charge in [0.25, 0.3) is 0 Å². The average Bonchev–Trinajstić information content (AvgIpc) is 2.46. The van der Waals surface area contributed by atoms with Crippen LogP contribution in [-0.2, 0) is 10.0 Å². The third-order valence-electron chi connectivity index (χ3n) is 3.76. The molecule has 0 aliphatic heterocycles. The van der Waals surface area contributed by atoms with Gasteiger partial charge in [0.15, 0.2) is 0 Å². The fourth-order valence-electron chi connectivity index (χ4n) is 1.94. The second-order valence-electron chi connectivity index (χ2n) is 5.58. The molecule has 1 atom stereocenters. The zero-order valence-corrected chi connectivity index (χ0v) is 13.1. The summed E-state index contributed by atoms with van der Waals surface area (Å²) in [6, 6.07) is 14.5. The topological polar surface area (TPSA) is 70.0 Å². The smallest absolute Gasteiger partial charge is 0.207 e. The van der Waals surface area contributed by atoms with Gasteiger partial charge < -0.3 is 0 Å². The SMILES string of the molecule is CC(C)[C@@](C)(C#N)NS(=O)(=O)c1ccc2ccccc2c1. The van der Waals surface area contributed by atoms with Crippen LogP contribution in [0.2, 0.25) is 0 Å². The number of hydrogen-bond acceptors (Lipinski definition) is 3. The molecule has 0 saturated heterocycles. The molecule has 0 heterocycles. The number of rotatable bonds is 4.